The van der Waals surface area contributed by atoms with Crippen LogP contribution in [0.2, 0.25) is 5.02 Å². The number of fused-ring (bicyclic) bond motifs is 1. The van der Waals surface area contributed by atoms with Gasteiger partial charge in [-0.2, -0.15) is 0 Å². The molecule has 4 aromatic rings. The number of imidazole rings is 1. The van der Waals surface area contributed by atoms with E-state index in [1.54, 1.807) is 10.6 Å². The van der Waals surface area contributed by atoms with Gasteiger partial charge in [0.1, 0.15) is 17.3 Å². The number of rotatable bonds is 8. The van der Waals surface area contributed by atoms with Crippen LogP contribution >= 0.6 is 22.9 Å². The Kier molecular flexibility index (Phi) is 8.28. The zero-order chi connectivity index (χ0) is 27.5. The molecule has 1 N–H and O–H groups in total. The number of nitrogens with one attached hydrogen (secondary N) is 1. The number of amides is 1. The van der Waals surface area contributed by atoms with E-state index in [1.165, 1.54) is 16.9 Å². The molecule has 5 rings (SSSR count). The van der Waals surface area contributed by atoms with Gasteiger partial charge in [0.05, 0.1) is 11.5 Å². The second-order valence-electron chi connectivity index (χ2n) is 9.79. The van der Waals surface area contributed by atoms with Crippen LogP contribution in [0.25, 0.3) is 15.4 Å². The molecule has 2 aromatic heterocycles. The Bertz CT molecular complexity index is 1440. The number of esters is 1. The molecule has 0 saturated heterocycles. The van der Waals surface area contributed by atoms with Gasteiger partial charge in [-0.3, -0.25) is 14.0 Å². The molecule has 10 heteroatoms. The predicted octanol–water partition coefficient (Wildman–Crippen LogP) is 7.15. The third-order valence-corrected chi connectivity index (χ3v) is 8.46. The van der Waals surface area contributed by atoms with E-state index in [2.05, 4.69) is 34.6 Å². The standard InChI is InChI=1S/C29H28ClF2N3O3S/c1-2-38-27(36)11-17-3-5-18(6-4-17)19-7-9-20(10-8-19)26-16-35-15-25(34-29(35)39-26)28(37)33-14-22-23(31)12-21(30)13-24(22)32/h7-10,12-13,15-18H,2-6,11,14H2,1H3,(H,33,37). The molecule has 0 radical (unpaired) electrons. The summed E-state index contributed by atoms with van der Waals surface area (Å²) in [6.07, 6.45) is 8.24. The third kappa shape index (κ3) is 6.31. The Labute approximate surface area is 234 Å². The van der Waals surface area contributed by atoms with E-state index in [9.17, 15) is 18.4 Å². The molecular formula is C29H28ClF2N3O3S. The SMILES string of the molecule is CCOC(=O)CC1CCC(c2ccc(-c3cn4cc(C(=O)NCc5c(F)cc(Cl)cc5F)nc4s3)cc2)CC1. The predicted molar refractivity (Wildman–Crippen MR) is 147 cm³/mol. The van der Waals surface area contributed by atoms with Crippen molar-refractivity contribution in [3.63, 3.8) is 0 Å². The van der Waals surface area contributed by atoms with Crippen LogP contribution < -0.4 is 5.32 Å². The fraction of sp³-hybridized carbons (Fsp3) is 0.345. The smallest absolute Gasteiger partial charge is 0.306 e. The maximum atomic E-state index is 14.0. The number of ether oxygens (including phenoxy) is 1. The van der Waals surface area contributed by atoms with Crippen molar-refractivity contribution < 1.29 is 23.1 Å². The summed E-state index contributed by atoms with van der Waals surface area (Å²) >= 11 is 7.10. The number of halogens is 3. The van der Waals surface area contributed by atoms with Gasteiger partial charge in [0.15, 0.2) is 4.96 Å². The van der Waals surface area contributed by atoms with Crippen LogP contribution in [0, 0.1) is 17.6 Å². The van der Waals surface area contributed by atoms with Gasteiger partial charge in [-0.05, 0) is 67.7 Å². The lowest BCUT2D eigenvalue weighted by Gasteiger charge is -2.28. The summed E-state index contributed by atoms with van der Waals surface area (Å²) in [7, 11) is 0. The van der Waals surface area contributed by atoms with E-state index in [1.807, 2.05) is 13.1 Å². The molecular weight excluding hydrogens is 544 g/mol. The van der Waals surface area contributed by atoms with E-state index < -0.39 is 17.5 Å². The number of carbonyl (C=O) groups excluding carboxylic acids is 2. The van der Waals surface area contributed by atoms with Crippen molar-refractivity contribution in [2.75, 3.05) is 6.61 Å². The van der Waals surface area contributed by atoms with E-state index in [0.29, 0.717) is 29.8 Å². The Morgan fingerprint density at radius 2 is 1.79 bits per heavy atom. The van der Waals surface area contributed by atoms with Crippen LogP contribution in [-0.4, -0.2) is 27.9 Å². The van der Waals surface area contributed by atoms with Crippen molar-refractivity contribution in [3.05, 3.63) is 82.3 Å². The number of thiazole rings is 1. The lowest BCUT2D eigenvalue weighted by Crippen LogP contribution is -2.24. The van der Waals surface area contributed by atoms with Crippen LogP contribution in [0.1, 0.15) is 66.6 Å². The quantitative estimate of drug-likeness (QED) is 0.228. The van der Waals surface area contributed by atoms with E-state index in [-0.39, 0.29) is 28.8 Å². The van der Waals surface area contributed by atoms with Gasteiger partial charge in [-0.25, -0.2) is 13.8 Å². The van der Waals surface area contributed by atoms with Crippen molar-refractivity contribution in [2.24, 2.45) is 5.92 Å². The van der Waals surface area contributed by atoms with Gasteiger partial charge in [0, 0.05) is 35.9 Å². The van der Waals surface area contributed by atoms with Crippen LogP contribution in [-0.2, 0) is 16.1 Å². The molecule has 2 aromatic carbocycles. The normalized spacial score (nSPS) is 17.3. The van der Waals surface area contributed by atoms with Crippen molar-refractivity contribution in [1.29, 1.82) is 0 Å². The first kappa shape index (κ1) is 27.3. The summed E-state index contributed by atoms with van der Waals surface area (Å²) in [6.45, 7) is 1.95. The summed E-state index contributed by atoms with van der Waals surface area (Å²) in [4.78, 5) is 30.4. The fourth-order valence-electron chi connectivity index (χ4n) is 5.11. The highest BCUT2D eigenvalue weighted by atomic mass is 35.5. The minimum Gasteiger partial charge on any atom is -0.466 e. The molecule has 39 heavy (non-hydrogen) atoms. The third-order valence-electron chi connectivity index (χ3n) is 7.19. The Hall–Kier alpha value is -3.30. The molecule has 0 aliphatic heterocycles. The first-order valence-corrected chi connectivity index (χ1v) is 14.2. The van der Waals surface area contributed by atoms with Crippen LogP contribution in [0.4, 0.5) is 8.78 Å². The van der Waals surface area contributed by atoms with E-state index in [0.717, 1.165) is 48.3 Å². The lowest BCUT2D eigenvalue weighted by molar-refractivity contribution is -0.144. The maximum absolute atomic E-state index is 14.0. The van der Waals surface area contributed by atoms with Gasteiger partial charge < -0.3 is 10.1 Å². The fourth-order valence-corrected chi connectivity index (χ4v) is 6.28. The molecule has 2 heterocycles. The topological polar surface area (TPSA) is 72.7 Å². The second kappa shape index (κ2) is 11.8. The molecule has 204 valence electrons. The molecule has 6 nitrogen and oxygen atoms in total. The van der Waals surface area contributed by atoms with Crippen molar-refractivity contribution in [2.45, 2.75) is 51.5 Å². The first-order valence-electron chi connectivity index (χ1n) is 13.0. The van der Waals surface area contributed by atoms with Gasteiger partial charge >= 0.3 is 5.97 Å². The molecule has 1 saturated carbocycles. The Morgan fingerprint density at radius 3 is 2.44 bits per heavy atom. The number of hydrogen-bond donors (Lipinski definition) is 1. The number of nitrogens with zero attached hydrogens (tertiary/aromatic N) is 2. The second-order valence-corrected chi connectivity index (χ2v) is 11.2. The van der Waals surface area contributed by atoms with Crippen LogP contribution in [0.15, 0.2) is 48.8 Å². The van der Waals surface area contributed by atoms with Crippen molar-refractivity contribution in [1.82, 2.24) is 14.7 Å². The van der Waals surface area contributed by atoms with Gasteiger partial charge in [-0.1, -0.05) is 47.2 Å². The summed E-state index contributed by atoms with van der Waals surface area (Å²) in [5, 5.41) is 2.47. The molecule has 0 atom stereocenters. The minimum atomic E-state index is -0.816. The monoisotopic (exact) mass is 571 g/mol. The molecule has 0 unspecified atom stereocenters. The Morgan fingerprint density at radius 1 is 1.10 bits per heavy atom. The Balaban J connectivity index is 1.19. The number of benzene rings is 2. The molecule has 1 fully saturated rings. The largest absolute Gasteiger partial charge is 0.466 e. The average Bonchev–Trinajstić information content (AvgIpc) is 3.49. The van der Waals surface area contributed by atoms with Gasteiger partial charge in [-0.15, -0.1) is 0 Å². The minimum absolute atomic E-state index is 0.0465. The van der Waals surface area contributed by atoms with Gasteiger partial charge in [0.25, 0.3) is 5.91 Å². The number of carbonyl (C=O) groups is 2. The van der Waals surface area contributed by atoms with Crippen molar-refractivity contribution in [3.8, 4) is 10.4 Å². The van der Waals surface area contributed by atoms with Gasteiger partial charge in [0.2, 0.25) is 0 Å². The molecule has 1 amide bonds. The van der Waals surface area contributed by atoms with Crippen LogP contribution in [0.3, 0.4) is 0 Å². The molecule has 1 aliphatic rings. The first-order chi connectivity index (χ1) is 18.8. The summed E-state index contributed by atoms with van der Waals surface area (Å²) < 4.78 is 34.8. The number of aromatic nitrogens is 2. The van der Waals surface area contributed by atoms with E-state index in [4.69, 9.17) is 16.3 Å². The maximum Gasteiger partial charge on any atom is 0.306 e. The molecule has 1 aliphatic carbocycles. The molecule has 0 spiro atoms. The highest BCUT2D eigenvalue weighted by Crippen LogP contribution is 2.38. The molecule has 0 bridgehead atoms. The summed E-state index contributed by atoms with van der Waals surface area (Å²) in [5.74, 6) is -1.35. The summed E-state index contributed by atoms with van der Waals surface area (Å²) in [5.41, 5.74) is 2.27. The zero-order valence-corrected chi connectivity index (χ0v) is 23.0. The summed E-state index contributed by atoms with van der Waals surface area (Å²) in [6, 6.07) is 10.6. The highest BCUT2D eigenvalue weighted by Gasteiger charge is 2.24. The zero-order valence-electron chi connectivity index (χ0n) is 21.4. The van der Waals surface area contributed by atoms with E-state index >= 15 is 0 Å². The van der Waals surface area contributed by atoms with Crippen molar-refractivity contribution >= 4 is 39.8 Å². The average molecular weight is 572 g/mol. The number of hydrogen-bond acceptors (Lipinski definition) is 5. The van der Waals surface area contributed by atoms with Crippen LogP contribution in [0.5, 0.6) is 0 Å². The highest BCUT2D eigenvalue weighted by molar-refractivity contribution is 7.20. The lowest BCUT2D eigenvalue weighted by atomic mass is 9.77.